The Hall–Kier alpha value is -2.38. The molecule has 6 nitrogen and oxygen atoms in total. The number of carbonyl (C=O) groups excluding carboxylic acids is 3. The molecule has 1 aliphatic heterocycles. The Kier molecular flexibility index (Phi) is 5.37. The topological polar surface area (TPSA) is 78.5 Å². The Balaban J connectivity index is 1.49. The summed E-state index contributed by atoms with van der Waals surface area (Å²) in [4.78, 5) is 39.6. The summed E-state index contributed by atoms with van der Waals surface area (Å²) >= 11 is 7.29. The Bertz CT molecular complexity index is 933. The third-order valence-corrected chi connectivity index (χ3v) is 6.11. The molecule has 2 N–H and O–H groups in total. The summed E-state index contributed by atoms with van der Waals surface area (Å²) in [5.74, 6) is -0.338. The average Bonchev–Trinajstić information content (AvgIpc) is 3.18. The highest BCUT2D eigenvalue weighted by Crippen LogP contribution is 2.32. The minimum atomic E-state index is -0.338. The fraction of sp³-hybridized carbons (Fsp3) is 0.350. The SMILES string of the molecule is O=C(Nc1cc(Cl)ccc1C(=O)N1CCCC1)c1ccc(NC(=O)C2CC2)s1. The lowest BCUT2D eigenvalue weighted by Gasteiger charge is -2.18. The first-order valence-corrected chi connectivity index (χ1v) is 10.5. The molecular formula is C20H20ClN3O3S. The molecule has 1 aliphatic carbocycles. The maximum Gasteiger partial charge on any atom is 0.265 e. The summed E-state index contributed by atoms with van der Waals surface area (Å²) in [6.45, 7) is 1.45. The van der Waals surface area contributed by atoms with Gasteiger partial charge in [0.1, 0.15) is 0 Å². The summed E-state index contributed by atoms with van der Waals surface area (Å²) in [6, 6.07) is 8.26. The number of hydrogen-bond acceptors (Lipinski definition) is 4. The van der Waals surface area contributed by atoms with E-state index in [1.165, 1.54) is 11.3 Å². The van der Waals surface area contributed by atoms with Gasteiger partial charge in [0.2, 0.25) is 5.91 Å². The van der Waals surface area contributed by atoms with E-state index in [9.17, 15) is 14.4 Å². The van der Waals surface area contributed by atoms with E-state index in [0.29, 0.717) is 26.2 Å². The van der Waals surface area contributed by atoms with Gasteiger partial charge in [0.15, 0.2) is 0 Å². The molecule has 1 saturated heterocycles. The lowest BCUT2D eigenvalue weighted by molar-refractivity contribution is -0.117. The van der Waals surface area contributed by atoms with Crippen LogP contribution in [0.3, 0.4) is 0 Å². The molecule has 0 unspecified atom stereocenters. The number of carbonyl (C=O) groups is 3. The minimum Gasteiger partial charge on any atom is -0.339 e. The number of hydrogen-bond donors (Lipinski definition) is 2. The van der Waals surface area contributed by atoms with Gasteiger partial charge in [-0.1, -0.05) is 11.6 Å². The van der Waals surface area contributed by atoms with Gasteiger partial charge in [-0.2, -0.15) is 0 Å². The van der Waals surface area contributed by atoms with Crippen molar-refractivity contribution < 1.29 is 14.4 Å². The molecule has 1 saturated carbocycles. The van der Waals surface area contributed by atoms with Crippen molar-refractivity contribution in [2.45, 2.75) is 25.7 Å². The van der Waals surface area contributed by atoms with Gasteiger partial charge >= 0.3 is 0 Å². The predicted octanol–water partition coefficient (Wildman–Crippen LogP) is 4.24. The molecule has 0 spiro atoms. The Morgan fingerprint density at radius 3 is 2.50 bits per heavy atom. The van der Waals surface area contributed by atoms with Crippen molar-refractivity contribution in [3.63, 3.8) is 0 Å². The highest BCUT2D eigenvalue weighted by atomic mass is 35.5. The number of nitrogens with zero attached hydrogens (tertiary/aromatic N) is 1. The van der Waals surface area contributed by atoms with Crippen molar-refractivity contribution in [1.82, 2.24) is 4.90 Å². The summed E-state index contributed by atoms with van der Waals surface area (Å²) < 4.78 is 0. The van der Waals surface area contributed by atoms with Crippen LogP contribution in [-0.4, -0.2) is 35.7 Å². The molecule has 2 aromatic rings. The van der Waals surface area contributed by atoms with Gasteiger partial charge in [-0.3, -0.25) is 14.4 Å². The molecule has 4 rings (SSSR count). The van der Waals surface area contributed by atoms with Gasteiger partial charge in [-0.25, -0.2) is 0 Å². The van der Waals surface area contributed by atoms with E-state index >= 15 is 0 Å². The lowest BCUT2D eigenvalue weighted by atomic mass is 10.1. The first kappa shape index (κ1) is 19.0. The molecule has 2 heterocycles. The van der Waals surface area contributed by atoms with Crippen molar-refractivity contribution >= 4 is 51.3 Å². The molecule has 0 atom stereocenters. The highest BCUT2D eigenvalue weighted by Gasteiger charge is 2.30. The molecule has 2 fully saturated rings. The maximum atomic E-state index is 12.8. The van der Waals surface area contributed by atoms with Crippen LogP contribution in [0.25, 0.3) is 0 Å². The molecular weight excluding hydrogens is 398 g/mol. The van der Waals surface area contributed by atoms with E-state index in [2.05, 4.69) is 10.6 Å². The molecule has 1 aromatic heterocycles. The fourth-order valence-electron chi connectivity index (χ4n) is 3.18. The van der Waals surface area contributed by atoms with Gasteiger partial charge < -0.3 is 15.5 Å². The van der Waals surface area contributed by atoms with E-state index in [1.807, 2.05) is 0 Å². The molecule has 3 amide bonds. The van der Waals surface area contributed by atoms with Crippen LogP contribution in [0.4, 0.5) is 10.7 Å². The summed E-state index contributed by atoms with van der Waals surface area (Å²) in [6.07, 6.45) is 3.83. The number of anilines is 2. The van der Waals surface area contributed by atoms with Crippen LogP contribution in [0.15, 0.2) is 30.3 Å². The second kappa shape index (κ2) is 7.93. The largest absolute Gasteiger partial charge is 0.339 e. The lowest BCUT2D eigenvalue weighted by Crippen LogP contribution is -2.28. The second-order valence-corrected chi connectivity index (χ2v) is 8.59. The molecule has 146 valence electrons. The number of amides is 3. The van der Waals surface area contributed by atoms with E-state index in [-0.39, 0.29) is 23.6 Å². The molecule has 8 heteroatoms. The van der Waals surface area contributed by atoms with Crippen LogP contribution in [0.1, 0.15) is 45.7 Å². The highest BCUT2D eigenvalue weighted by molar-refractivity contribution is 7.18. The quantitative estimate of drug-likeness (QED) is 0.763. The normalized spacial score (nSPS) is 16.1. The van der Waals surface area contributed by atoms with Crippen molar-refractivity contribution in [3.05, 3.63) is 45.8 Å². The third-order valence-electron chi connectivity index (χ3n) is 4.88. The number of nitrogens with one attached hydrogen (secondary N) is 2. The summed E-state index contributed by atoms with van der Waals surface area (Å²) in [5.41, 5.74) is 0.824. The van der Waals surface area contributed by atoms with Gasteiger partial charge in [-0.15, -0.1) is 11.3 Å². The van der Waals surface area contributed by atoms with Crippen molar-refractivity contribution in [3.8, 4) is 0 Å². The van der Waals surface area contributed by atoms with Crippen molar-refractivity contribution in [2.24, 2.45) is 5.92 Å². The van der Waals surface area contributed by atoms with Crippen LogP contribution in [0, 0.1) is 5.92 Å². The van der Waals surface area contributed by atoms with Crippen LogP contribution < -0.4 is 10.6 Å². The first-order valence-electron chi connectivity index (χ1n) is 9.32. The van der Waals surface area contributed by atoms with Crippen molar-refractivity contribution in [2.75, 3.05) is 23.7 Å². The van der Waals surface area contributed by atoms with Crippen LogP contribution in [0.5, 0.6) is 0 Å². The number of benzene rings is 1. The second-order valence-electron chi connectivity index (χ2n) is 7.07. The minimum absolute atomic E-state index is 0.00199. The van der Waals surface area contributed by atoms with E-state index < -0.39 is 0 Å². The van der Waals surface area contributed by atoms with Crippen LogP contribution in [0.2, 0.25) is 5.02 Å². The number of halogens is 1. The van der Waals surface area contributed by atoms with E-state index in [1.54, 1.807) is 35.2 Å². The molecule has 1 aromatic carbocycles. The van der Waals surface area contributed by atoms with Crippen LogP contribution in [-0.2, 0) is 4.79 Å². The zero-order valence-corrected chi connectivity index (χ0v) is 16.7. The molecule has 2 aliphatic rings. The molecule has 0 bridgehead atoms. The smallest absolute Gasteiger partial charge is 0.265 e. The van der Waals surface area contributed by atoms with Gasteiger partial charge in [0.25, 0.3) is 11.8 Å². The predicted molar refractivity (Wildman–Crippen MR) is 110 cm³/mol. The van der Waals surface area contributed by atoms with Crippen molar-refractivity contribution in [1.29, 1.82) is 0 Å². The fourth-order valence-corrected chi connectivity index (χ4v) is 4.15. The van der Waals surface area contributed by atoms with Gasteiger partial charge in [-0.05, 0) is 56.0 Å². The zero-order chi connectivity index (χ0) is 19.7. The van der Waals surface area contributed by atoms with Gasteiger partial charge in [0.05, 0.1) is 21.1 Å². The third kappa shape index (κ3) is 4.20. The Labute approximate surface area is 171 Å². The van der Waals surface area contributed by atoms with E-state index in [0.717, 1.165) is 38.8 Å². The summed E-state index contributed by atoms with van der Waals surface area (Å²) in [7, 11) is 0. The standard InChI is InChI=1S/C20H20ClN3O3S/c21-13-5-6-14(20(27)24-9-1-2-10-24)15(11-13)22-19(26)16-7-8-17(28-16)23-18(25)12-3-4-12/h5-8,11-12H,1-4,9-10H2,(H,22,26)(H,23,25). The number of rotatable bonds is 5. The molecule has 0 radical (unpaired) electrons. The average molecular weight is 418 g/mol. The Morgan fingerprint density at radius 2 is 1.79 bits per heavy atom. The number of thiophene rings is 1. The molecule has 28 heavy (non-hydrogen) atoms. The summed E-state index contributed by atoms with van der Waals surface area (Å²) in [5, 5.41) is 6.72. The maximum absolute atomic E-state index is 12.8. The first-order chi connectivity index (χ1) is 13.5. The van der Waals surface area contributed by atoms with Gasteiger partial charge in [0, 0.05) is 24.0 Å². The number of likely N-dealkylation sites (tertiary alicyclic amines) is 1. The van der Waals surface area contributed by atoms with Crippen LogP contribution >= 0.6 is 22.9 Å². The Morgan fingerprint density at radius 1 is 1.04 bits per heavy atom. The zero-order valence-electron chi connectivity index (χ0n) is 15.2. The van der Waals surface area contributed by atoms with E-state index in [4.69, 9.17) is 11.6 Å². The monoisotopic (exact) mass is 417 g/mol.